The van der Waals surface area contributed by atoms with Crippen molar-refractivity contribution in [3.8, 4) is 40.6 Å². The summed E-state index contributed by atoms with van der Waals surface area (Å²) in [7, 11) is 0. The summed E-state index contributed by atoms with van der Waals surface area (Å²) in [5.41, 5.74) is 3.79. The van der Waals surface area contributed by atoms with E-state index >= 15 is 0 Å². The number of carbonyl (C=O) groups is 3. The van der Waals surface area contributed by atoms with Gasteiger partial charge in [0.25, 0.3) is 5.24 Å². The van der Waals surface area contributed by atoms with E-state index in [0.717, 1.165) is 53.2 Å². The number of ether oxygens (including phenoxy) is 8. The second-order valence-electron chi connectivity index (χ2n) is 24.5. The van der Waals surface area contributed by atoms with Crippen LogP contribution in [0, 0.1) is 17.9 Å². The lowest BCUT2D eigenvalue weighted by Gasteiger charge is -2.19. The van der Waals surface area contributed by atoms with Crippen molar-refractivity contribution in [1.82, 2.24) is 0 Å². The fourth-order valence-corrected chi connectivity index (χ4v) is 10.9. The minimum Gasteiger partial charge on any atom is -0.494 e. The van der Waals surface area contributed by atoms with Gasteiger partial charge in [-0.25, -0.2) is 11.4 Å². The fraction of sp³-hybridized carbons (Fsp3) is 0.562. The number of nitrogens with zero attached hydrogens (tertiary/aromatic N) is 2. The highest BCUT2D eigenvalue weighted by atomic mass is 80.9. The highest BCUT2D eigenvalue weighted by Gasteiger charge is 2.29. The number of rotatable bonds is 54. The van der Waals surface area contributed by atoms with Crippen molar-refractivity contribution in [3.63, 3.8) is 0 Å². The van der Waals surface area contributed by atoms with E-state index in [1.165, 1.54) is 198 Å². The van der Waals surface area contributed by atoms with E-state index in [1.54, 1.807) is 18.2 Å². The Kier molecular flexibility index (Phi) is 50.3. The highest BCUT2D eigenvalue weighted by molar-refractivity contribution is 9.93. The number of aliphatic hydroxyl groups is 2. The van der Waals surface area contributed by atoms with Gasteiger partial charge in [-0.2, -0.15) is 5.26 Å². The molecule has 0 aromatic heterocycles. The second-order valence-corrected chi connectivity index (χ2v) is 24.9. The molecule has 0 fully saturated rings. The summed E-state index contributed by atoms with van der Waals surface area (Å²) in [6.45, 7) is 15.7. The van der Waals surface area contributed by atoms with Gasteiger partial charge in [0.1, 0.15) is 50.3 Å². The Morgan fingerprint density at radius 2 is 0.745 bits per heavy atom. The van der Waals surface area contributed by atoms with Crippen molar-refractivity contribution < 1.29 is 62.5 Å². The number of benzene rings is 5. The van der Waals surface area contributed by atoms with Crippen molar-refractivity contribution in [2.75, 3.05) is 46.2 Å². The van der Waals surface area contributed by atoms with Gasteiger partial charge in [-0.1, -0.05) is 255 Å². The van der Waals surface area contributed by atoms with Gasteiger partial charge in [0, 0.05) is 39.4 Å². The average molecular weight is 1500 g/mol. The molecule has 540 valence electrons. The van der Waals surface area contributed by atoms with E-state index in [2.05, 4.69) is 53.9 Å². The van der Waals surface area contributed by atoms with Crippen LogP contribution in [-0.4, -0.2) is 73.6 Å². The Bertz CT molecular complexity index is 2790. The Hall–Kier alpha value is -6.34. The molecule has 0 bridgehead atoms. The number of aliphatic hydroxyl groups excluding tert-OH is 2. The Morgan fingerprint density at radius 3 is 1.05 bits per heavy atom. The topological polar surface area (TPSA) is 194 Å². The summed E-state index contributed by atoms with van der Waals surface area (Å²) in [5.74, 6) is 0.910. The maximum atomic E-state index is 12.7. The van der Waals surface area contributed by atoms with Gasteiger partial charge in [-0.05, 0) is 102 Å². The summed E-state index contributed by atoms with van der Waals surface area (Å²) in [5, 5.41) is 25.8. The molecule has 5 rings (SSSR count). The molecule has 0 aliphatic rings. The largest absolute Gasteiger partial charge is 0.494 e. The van der Waals surface area contributed by atoms with E-state index < -0.39 is 29.1 Å². The summed E-state index contributed by atoms with van der Waals surface area (Å²) >= 11 is 11.6. The summed E-state index contributed by atoms with van der Waals surface area (Å²) < 4.78 is 47.1. The van der Waals surface area contributed by atoms with Crippen molar-refractivity contribution in [2.24, 2.45) is 0 Å². The predicted octanol–water partition coefficient (Wildman–Crippen LogP) is 21.7. The molecular formula is C80H111Br2ClN2O13. The third-order valence-electron chi connectivity index (χ3n) is 16.5. The fourth-order valence-electron chi connectivity index (χ4n) is 10.8. The van der Waals surface area contributed by atoms with Crippen molar-refractivity contribution in [1.29, 1.82) is 5.26 Å². The first-order valence-electron chi connectivity index (χ1n) is 36.0. The smallest absolute Gasteiger partial charge is 0.395 e. The third-order valence-corrected chi connectivity index (χ3v) is 16.7. The molecule has 0 heterocycles. The van der Waals surface area contributed by atoms with Crippen LogP contribution in [0.2, 0.25) is 0 Å². The molecule has 0 spiro atoms. The van der Waals surface area contributed by atoms with E-state index in [1.807, 2.05) is 72.8 Å². The zero-order chi connectivity index (χ0) is 70.9. The van der Waals surface area contributed by atoms with Crippen LogP contribution in [0.4, 0.5) is 0 Å². The van der Waals surface area contributed by atoms with Crippen LogP contribution < -0.4 is 28.4 Å². The van der Waals surface area contributed by atoms with Gasteiger partial charge in [0.05, 0.1) is 39.1 Å². The third kappa shape index (κ3) is 38.3. The van der Waals surface area contributed by atoms with Gasteiger partial charge in [0.15, 0.2) is 17.4 Å². The number of hydrogen-bond acceptors (Lipinski definition) is 14. The Labute approximate surface area is 607 Å². The molecule has 0 aliphatic carbocycles. The Balaban J connectivity index is 0.000000805. The first kappa shape index (κ1) is 85.9. The van der Waals surface area contributed by atoms with E-state index in [9.17, 15) is 14.4 Å². The van der Waals surface area contributed by atoms with Crippen LogP contribution >= 0.6 is 39.9 Å². The van der Waals surface area contributed by atoms with Gasteiger partial charge >= 0.3 is 18.0 Å². The zero-order valence-corrected chi connectivity index (χ0v) is 62.7. The minimum atomic E-state index is -1.19. The number of hydrogen-bond donors (Lipinski definition) is 2. The maximum Gasteiger partial charge on any atom is 0.395 e. The van der Waals surface area contributed by atoms with E-state index in [0.29, 0.717) is 48.2 Å². The number of carbonyl (C=O) groups excluding carboxylic acids is 3. The monoisotopic (exact) mass is 1500 g/mol. The number of nitriles is 1. The number of esters is 2. The predicted molar refractivity (Wildman–Crippen MR) is 399 cm³/mol. The molecule has 18 heteroatoms. The van der Waals surface area contributed by atoms with E-state index in [-0.39, 0.29) is 51.8 Å². The van der Waals surface area contributed by atoms with E-state index in [4.69, 9.17) is 71.5 Å². The molecule has 5 aromatic carbocycles. The standard InChI is InChI=1S/C64H95ClO7.C16H16N2O6.Br2/c1-4-7-10-13-16-19-22-25-28-31-46-67-58-40-34-54(35-41-58)51-70-61-49-57(64(65)66)50-62(71-52-55-36-42-59(43-37-55)68-47-32-29-26-23-20-17-14-11-8-5-2)63(61)72-53-56-38-44-60(45-39-56)69-48-33-30-27-24-21-18-15-12-9-6-3;1-18-14(16(22)24-9-7-20)12-4-2-11(3-5-12)13(10-17)15(21)23-8-6-19;1-2/h34-45,49-50H,4-33,46-48,51-53H2,1-3H3;2-5,13-14,19-20H,6-9H2;. The summed E-state index contributed by atoms with van der Waals surface area (Å²) in [6.07, 6.45) is 38.9. The molecule has 2 unspecified atom stereocenters. The number of unbranched alkanes of at least 4 members (excludes halogenated alkanes) is 27. The van der Waals surface area contributed by atoms with Crippen LogP contribution in [0.15, 0.2) is 109 Å². The molecule has 5 aromatic rings. The van der Waals surface area contributed by atoms with Crippen LogP contribution in [0.5, 0.6) is 34.5 Å². The van der Waals surface area contributed by atoms with Crippen molar-refractivity contribution >= 4 is 57.0 Å². The van der Waals surface area contributed by atoms with Crippen molar-refractivity contribution in [2.45, 2.75) is 245 Å². The van der Waals surface area contributed by atoms with Gasteiger partial charge in [0.2, 0.25) is 5.75 Å². The van der Waals surface area contributed by atoms with Crippen LogP contribution in [0.3, 0.4) is 0 Å². The quantitative estimate of drug-likeness (QED) is 0.0162. The molecule has 0 saturated heterocycles. The molecule has 15 nitrogen and oxygen atoms in total. The molecule has 0 saturated carbocycles. The molecule has 0 aliphatic heterocycles. The van der Waals surface area contributed by atoms with Gasteiger partial charge < -0.3 is 48.1 Å². The van der Waals surface area contributed by atoms with Crippen LogP contribution in [-0.2, 0) is 38.9 Å². The number of halogens is 3. The first-order valence-corrected chi connectivity index (χ1v) is 40.1. The van der Waals surface area contributed by atoms with Crippen LogP contribution in [0.25, 0.3) is 4.85 Å². The minimum absolute atomic E-state index is 0.198. The van der Waals surface area contributed by atoms with Gasteiger partial charge in [-0.3, -0.25) is 14.4 Å². The normalized spacial score (nSPS) is 11.3. The second kappa shape index (κ2) is 57.4. The molecular weight excluding hydrogens is 1390 g/mol. The Morgan fingerprint density at radius 1 is 0.439 bits per heavy atom. The lowest BCUT2D eigenvalue weighted by molar-refractivity contribution is -0.146. The summed E-state index contributed by atoms with van der Waals surface area (Å²) in [4.78, 5) is 39.4. The van der Waals surface area contributed by atoms with Crippen LogP contribution in [0.1, 0.15) is 264 Å². The molecule has 98 heavy (non-hydrogen) atoms. The first-order chi connectivity index (χ1) is 48.1. The molecule has 2 atom stereocenters. The molecule has 0 radical (unpaired) electrons. The lowest BCUT2D eigenvalue weighted by atomic mass is 9.97. The molecule has 2 N–H and O–H groups in total. The lowest BCUT2D eigenvalue weighted by Crippen LogP contribution is -2.17. The average Bonchev–Trinajstić information content (AvgIpc) is 0.827. The SMILES string of the molecule is BrBr.CCCCCCCCCCCCOc1ccc(COc2cc(C(=O)Cl)cc(OCc3ccc(OCCCCCCCCCCCC)cc3)c2OCc2ccc(OCCCCCCCCCCCC)cc2)cc1.[C-]#[N+]C(C(=O)OCCO)c1ccc(C(C#N)C(=O)OCCO)cc1. The highest BCUT2D eigenvalue weighted by Crippen LogP contribution is 2.41. The maximum absolute atomic E-state index is 12.7. The summed E-state index contributed by atoms with van der Waals surface area (Å²) in [6, 6.07) is 33.7. The van der Waals surface area contributed by atoms with Gasteiger partial charge in [-0.15, -0.1) is 0 Å². The zero-order valence-electron chi connectivity index (χ0n) is 58.7. The van der Waals surface area contributed by atoms with Crippen molar-refractivity contribution in [3.05, 3.63) is 154 Å². The molecule has 0 amide bonds.